The van der Waals surface area contributed by atoms with Crippen molar-refractivity contribution in [1.29, 1.82) is 0 Å². The van der Waals surface area contributed by atoms with Crippen molar-refractivity contribution < 1.29 is 13.2 Å². The van der Waals surface area contributed by atoms with Gasteiger partial charge in [-0.2, -0.15) is 0 Å². The van der Waals surface area contributed by atoms with Crippen LogP contribution in [0.1, 0.15) is 19.8 Å². The second-order valence-electron chi connectivity index (χ2n) is 4.20. The van der Waals surface area contributed by atoms with E-state index in [1.807, 2.05) is 6.92 Å². The van der Waals surface area contributed by atoms with Gasteiger partial charge in [-0.25, -0.2) is 8.42 Å². The molecule has 1 amide bonds. The number of sulfone groups is 1. The minimum absolute atomic E-state index is 0.0718. The predicted octanol–water partition coefficient (Wildman–Crippen LogP) is -0.712. The zero-order chi connectivity index (χ0) is 11.5. The standard InChI is InChI=1S/C9H18N2O3S/c1-7(6-15(2,13)14)10-5-8-3-4-9(12)11-8/h7-8,10H,3-6H2,1-2H3,(H,11,12). The number of rotatable bonds is 5. The maximum absolute atomic E-state index is 11.0. The van der Waals surface area contributed by atoms with E-state index < -0.39 is 9.84 Å². The van der Waals surface area contributed by atoms with Crippen LogP contribution in [0.3, 0.4) is 0 Å². The van der Waals surface area contributed by atoms with Crippen molar-refractivity contribution >= 4 is 15.7 Å². The molecule has 1 rings (SSSR count). The van der Waals surface area contributed by atoms with Crippen molar-refractivity contribution in [2.45, 2.75) is 31.8 Å². The number of amides is 1. The highest BCUT2D eigenvalue weighted by molar-refractivity contribution is 7.90. The Balaban J connectivity index is 2.22. The van der Waals surface area contributed by atoms with E-state index in [0.29, 0.717) is 13.0 Å². The third kappa shape index (κ3) is 5.13. The minimum atomic E-state index is -2.93. The van der Waals surface area contributed by atoms with Gasteiger partial charge in [0.05, 0.1) is 5.75 Å². The maximum Gasteiger partial charge on any atom is 0.220 e. The van der Waals surface area contributed by atoms with E-state index in [0.717, 1.165) is 6.42 Å². The molecule has 2 unspecified atom stereocenters. The van der Waals surface area contributed by atoms with Crippen LogP contribution in [0.15, 0.2) is 0 Å². The Labute approximate surface area is 90.5 Å². The smallest absolute Gasteiger partial charge is 0.220 e. The third-order valence-corrected chi connectivity index (χ3v) is 3.46. The molecule has 6 heteroatoms. The fourth-order valence-corrected chi connectivity index (χ4v) is 2.71. The summed E-state index contributed by atoms with van der Waals surface area (Å²) < 4.78 is 22.0. The highest BCUT2D eigenvalue weighted by Crippen LogP contribution is 2.05. The molecule has 15 heavy (non-hydrogen) atoms. The Morgan fingerprint density at radius 2 is 2.27 bits per heavy atom. The lowest BCUT2D eigenvalue weighted by Gasteiger charge is -2.16. The van der Waals surface area contributed by atoms with E-state index in [1.165, 1.54) is 6.26 Å². The molecule has 1 heterocycles. The predicted molar refractivity (Wildman–Crippen MR) is 58.3 cm³/mol. The molecule has 1 aliphatic heterocycles. The van der Waals surface area contributed by atoms with Gasteiger partial charge in [-0.1, -0.05) is 0 Å². The highest BCUT2D eigenvalue weighted by Gasteiger charge is 2.21. The number of hydrogen-bond acceptors (Lipinski definition) is 4. The first kappa shape index (κ1) is 12.4. The lowest BCUT2D eigenvalue weighted by molar-refractivity contribution is -0.119. The van der Waals surface area contributed by atoms with Gasteiger partial charge in [-0.05, 0) is 13.3 Å². The van der Waals surface area contributed by atoms with Crippen molar-refractivity contribution in [3.8, 4) is 0 Å². The van der Waals surface area contributed by atoms with Gasteiger partial charge in [-0.3, -0.25) is 4.79 Å². The van der Waals surface area contributed by atoms with Crippen molar-refractivity contribution in [3.63, 3.8) is 0 Å². The largest absolute Gasteiger partial charge is 0.352 e. The monoisotopic (exact) mass is 234 g/mol. The van der Waals surface area contributed by atoms with E-state index in [9.17, 15) is 13.2 Å². The summed E-state index contributed by atoms with van der Waals surface area (Å²) in [6.45, 7) is 2.47. The first-order chi connectivity index (χ1) is 6.87. The van der Waals surface area contributed by atoms with Gasteiger partial charge in [0.15, 0.2) is 0 Å². The van der Waals surface area contributed by atoms with Crippen LogP contribution in [-0.4, -0.2) is 45.0 Å². The van der Waals surface area contributed by atoms with Gasteiger partial charge in [0.1, 0.15) is 9.84 Å². The molecule has 2 atom stereocenters. The molecule has 0 bridgehead atoms. The number of carbonyl (C=O) groups is 1. The second-order valence-corrected chi connectivity index (χ2v) is 6.39. The van der Waals surface area contributed by atoms with Gasteiger partial charge in [0, 0.05) is 31.3 Å². The normalized spacial score (nSPS) is 23.9. The molecule has 0 aromatic carbocycles. The molecule has 0 spiro atoms. The van der Waals surface area contributed by atoms with Gasteiger partial charge in [0.25, 0.3) is 0 Å². The number of hydrogen-bond donors (Lipinski definition) is 2. The quantitative estimate of drug-likeness (QED) is 0.659. The second kappa shape index (κ2) is 4.94. The Morgan fingerprint density at radius 1 is 1.60 bits per heavy atom. The lowest BCUT2D eigenvalue weighted by Crippen LogP contribution is -2.41. The van der Waals surface area contributed by atoms with Gasteiger partial charge in [-0.15, -0.1) is 0 Å². The molecule has 88 valence electrons. The molecule has 0 radical (unpaired) electrons. The van der Waals surface area contributed by atoms with Crippen LogP contribution in [-0.2, 0) is 14.6 Å². The Hall–Kier alpha value is -0.620. The molecule has 1 fully saturated rings. The molecule has 2 N–H and O–H groups in total. The number of carbonyl (C=O) groups excluding carboxylic acids is 1. The van der Waals surface area contributed by atoms with Crippen LogP contribution >= 0.6 is 0 Å². The topological polar surface area (TPSA) is 75.3 Å². The van der Waals surface area contributed by atoms with E-state index in [4.69, 9.17) is 0 Å². The Morgan fingerprint density at radius 3 is 2.73 bits per heavy atom. The first-order valence-electron chi connectivity index (χ1n) is 5.07. The van der Waals surface area contributed by atoms with Crippen molar-refractivity contribution in [2.75, 3.05) is 18.6 Å². The lowest BCUT2D eigenvalue weighted by atomic mass is 10.2. The van der Waals surface area contributed by atoms with Crippen LogP contribution in [0, 0.1) is 0 Å². The fraction of sp³-hybridized carbons (Fsp3) is 0.889. The Bertz CT molecular complexity index is 326. The van der Waals surface area contributed by atoms with Crippen molar-refractivity contribution in [1.82, 2.24) is 10.6 Å². The first-order valence-corrected chi connectivity index (χ1v) is 7.13. The summed E-state index contributed by atoms with van der Waals surface area (Å²) in [6.07, 6.45) is 2.63. The van der Waals surface area contributed by atoms with Crippen LogP contribution in [0.4, 0.5) is 0 Å². The summed E-state index contributed by atoms with van der Waals surface area (Å²) in [5, 5.41) is 5.93. The van der Waals surface area contributed by atoms with Crippen molar-refractivity contribution in [2.24, 2.45) is 0 Å². The molecule has 1 aliphatic rings. The zero-order valence-corrected chi connectivity index (χ0v) is 9.93. The van der Waals surface area contributed by atoms with E-state index >= 15 is 0 Å². The highest BCUT2D eigenvalue weighted by atomic mass is 32.2. The van der Waals surface area contributed by atoms with Crippen LogP contribution in [0.25, 0.3) is 0 Å². The van der Waals surface area contributed by atoms with Gasteiger partial charge in [0.2, 0.25) is 5.91 Å². The van der Waals surface area contributed by atoms with Gasteiger partial charge < -0.3 is 10.6 Å². The summed E-state index contributed by atoms with van der Waals surface area (Å²) in [5.41, 5.74) is 0. The molecule has 0 aromatic heterocycles. The van der Waals surface area contributed by atoms with Crippen LogP contribution in [0.2, 0.25) is 0 Å². The van der Waals surface area contributed by atoms with E-state index in [-0.39, 0.29) is 23.7 Å². The van der Waals surface area contributed by atoms with Crippen molar-refractivity contribution in [3.05, 3.63) is 0 Å². The number of nitrogens with one attached hydrogen (secondary N) is 2. The maximum atomic E-state index is 11.0. The summed E-state index contributed by atoms with van der Waals surface area (Å²) in [6, 6.07) is 0.0806. The molecule has 0 aliphatic carbocycles. The Kier molecular flexibility index (Phi) is 4.10. The molecule has 0 aromatic rings. The summed E-state index contributed by atoms with van der Waals surface area (Å²) >= 11 is 0. The van der Waals surface area contributed by atoms with E-state index in [2.05, 4.69) is 10.6 Å². The fourth-order valence-electron chi connectivity index (χ4n) is 1.69. The summed E-state index contributed by atoms with van der Waals surface area (Å²) in [7, 11) is -2.93. The molecule has 0 saturated carbocycles. The third-order valence-electron chi connectivity index (χ3n) is 2.35. The van der Waals surface area contributed by atoms with Crippen LogP contribution < -0.4 is 10.6 Å². The minimum Gasteiger partial charge on any atom is -0.352 e. The molecule has 1 saturated heterocycles. The average molecular weight is 234 g/mol. The molecular weight excluding hydrogens is 216 g/mol. The van der Waals surface area contributed by atoms with Gasteiger partial charge >= 0.3 is 0 Å². The SMILES string of the molecule is CC(CS(C)(=O)=O)NCC1CCC(=O)N1. The summed E-state index contributed by atoms with van der Waals surface area (Å²) in [4.78, 5) is 10.9. The zero-order valence-electron chi connectivity index (χ0n) is 9.12. The molecule has 5 nitrogen and oxygen atoms in total. The van der Waals surface area contributed by atoms with E-state index in [1.54, 1.807) is 0 Å². The average Bonchev–Trinajstić information content (AvgIpc) is 2.45. The molecular formula is C9H18N2O3S. The summed E-state index contributed by atoms with van der Waals surface area (Å²) in [5.74, 6) is 0.214. The van der Waals surface area contributed by atoms with Crippen LogP contribution in [0.5, 0.6) is 0 Å².